The number of carbonyl (C=O) groups excluding carboxylic acids is 1. The van der Waals surface area contributed by atoms with Crippen LogP contribution in [0.4, 0.5) is 11.9 Å². The van der Waals surface area contributed by atoms with E-state index in [0.717, 1.165) is 0 Å². The van der Waals surface area contributed by atoms with E-state index in [-0.39, 0.29) is 17.1 Å². The van der Waals surface area contributed by atoms with Gasteiger partial charge in [-0.3, -0.25) is 4.79 Å². The van der Waals surface area contributed by atoms with Crippen molar-refractivity contribution in [1.29, 1.82) is 0 Å². The van der Waals surface area contributed by atoms with Gasteiger partial charge in [0.15, 0.2) is 0 Å². The number of nitrogens with zero attached hydrogens (tertiary/aromatic N) is 4. The van der Waals surface area contributed by atoms with Gasteiger partial charge in [0, 0.05) is 20.6 Å². The van der Waals surface area contributed by atoms with Crippen LogP contribution in [0.3, 0.4) is 0 Å². The summed E-state index contributed by atoms with van der Waals surface area (Å²) in [6.45, 7) is 4.15. The maximum Gasteiger partial charge on any atom is 0.242 e. The molecule has 0 bridgehead atoms. The lowest BCUT2D eigenvalue weighted by molar-refractivity contribution is -0.121. The zero-order valence-electron chi connectivity index (χ0n) is 10.9. The summed E-state index contributed by atoms with van der Waals surface area (Å²) in [4.78, 5) is 25.3. The number of nitrogens with one attached hydrogen (secondary N) is 2. The number of likely N-dealkylation sites (N-methyl/N-ethyl adjacent to an activating group) is 1. The second-order valence-electron chi connectivity index (χ2n) is 3.88. The highest BCUT2D eigenvalue weighted by molar-refractivity contribution is 6.28. The molecule has 0 aromatic carbocycles. The van der Waals surface area contributed by atoms with Gasteiger partial charge in [-0.15, -0.1) is 0 Å². The van der Waals surface area contributed by atoms with Crippen molar-refractivity contribution >= 4 is 29.4 Å². The molecule has 0 radical (unpaired) electrons. The third-order valence-corrected chi connectivity index (χ3v) is 2.26. The first-order valence-electron chi connectivity index (χ1n) is 5.57. The lowest BCUT2D eigenvalue weighted by Gasteiger charge is -2.15. The van der Waals surface area contributed by atoms with Gasteiger partial charge in [-0.1, -0.05) is 0 Å². The first-order chi connectivity index (χ1) is 8.43. The van der Waals surface area contributed by atoms with Crippen LogP contribution >= 0.6 is 11.6 Å². The van der Waals surface area contributed by atoms with Crippen LogP contribution in [0, 0.1) is 0 Å². The molecule has 8 heteroatoms. The van der Waals surface area contributed by atoms with Gasteiger partial charge < -0.3 is 15.5 Å². The van der Waals surface area contributed by atoms with Crippen LogP contribution in [-0.2, 0) is 4.79 Å². The van der Waals surface area contributed by atoms with Crippen molar-refractivity contribution in [3.63, 3.8) is 0 Å². The largest absolute Gasteiger partial charge is 0.355 e. The van der Waals surface area contributed by atoms with Crippen LogP contribution in [0.2, 0.25) is 5.28 Å². The lowest BCUT2D eigenvalue weighted by Crippen LogP contribution is -2.37. The minimum absolute atomic E-state index is 0.0827. The van der Waals surface area contributed by atoms with E-state index in [1.165, 1.54) is 0 Å². The zero-order valence-corrected chi connectivity index (χ0v) is 11.6. The van der Waals surface area contributed by atoms with E-state index in [0.29, 0.717) is 12.5 Å². The minimum atomic E-state index is -0.446. The van der Waals surface area contributed by atoms with Crippen LogP contribution in [0.15, 0.2) is 0 Å². The van der Waals surface area contributed by atoms with Crippen LogP contribution in [0.25, 0.3) is 0 Å². The average Bonchev–Trinajstić information content (AvgIpc) is 2.28. The van der Waals surface area contributed by atoms with Gasteiger partial charge in [-0.2, -0.15) is 15.0 Å². The van der Waals surface area contributed by atoms with E-state index in [1.54, 1.807) is 25.9 Å². The number of hydrogen-bond acceptors (Lipinski definition) is 6. The molecular weight excluding hydrogens is 256 g/mol. The predicted octanol–water partition coefficient (Wildman–Crippen LogP) is 0.527. The smallest absolute Gasteiger partial charge is 0.242 e. The number of amides is 1. The maximum absolute atomic E-state index is 11.6. The molecule has 1 unspecified atom stereocenters. The Hall–Kier alpha value is -1.63. The summed E-state index contributed by atoms with van der Waals surface area (Å²) in [7, 11) is 3.59. The molecule has 0 saturated carbocycles. The van der Waals surface area contributed by atoms with Gasteiger partial charge >= 0.3 is 0 Å². The highest BCUT2D eigenvalue weighted by Gasteiger charge is 2.14. The Kier molecular flexibility index (Phi) is 5.08. The molecule has 1 atom stereocenters. The quantitative estimate of drug-likeness (QED) is 0.813. The Balaban J connectivity index is 2.81. The first-order valence-corrected chi connectivity index (χ1v) is 5.95. The van der Waals surface area contributed by atoms with Gasteiger partial charge in [0.25, 0.3) is 0 Å². The second-order valence-corrected chi connectivity index (χ2v) is 4.22. The van der Waals surface area contributed by atoms with Crippen LogP contribution in [-0.4, -0.2) is 47.5 Å². The molecule has 7 nitrogen and oxygen atoms in total. The van der Waals surface area contributed by atoms with Crippen LogP contribution in [0.5, 0.6) is 0 Å². The fraction of sp³-hybridized carbons (Fsp3) is 0.600. The maximum atomic E-state index is 11.6. The standard InChI is InChI=1S/C10H17ClN6O/c1-5-12-7(18)6(2)13-9-14-8(11)15-10(16-9)17(3)4/h6H,5H2,1-4H3,(H,12,18)(H,13,14,15,16). The molecule has 100 valence electrons. The molecule has 1 aromatic rings. The molecular formula is C10H17ClN6O. The van der Waals surface area contributed by atoms with E-state index in [9.17, 15) is 4.79 Å². The van der Waals surface area contributed by atoms with Gasteiger partial charge in [-0.05, 0) is 25.4 Å². The molecule has 0 aliphatic carbocycles. The summed E-state index contributed by atoms with van der Waals surface area (Å²) in [6, 6.07) is -0.446. The number of anilines is 2. The molecule has 1 aromatic heterocycles. The number of aromatic nitrogens is 3. The number of carbonyl (C=O) groups is 1. The van der Waals surface area contributed by atoms with Gasteiger partial charge in [-0.25, -0.2) is 0 Å². The summed E-state index contributed by atoms with van der Waals surface area (Å²) in [6.07, 6.45) is 0. The van der Waals surface area contributed by atoms with Crippen molar-refractivity contribution in [1.82, 2.24) is 20.3 Å². The Labute approximate surface area is 111 Å². The highest BCUT2D eigenvalue weighted by atomic mass is 35.5. The van der Waals surface area contributed by atoms with Crippen molar-refractivity contribution in [3.05, 3.63) is 5.28 Å². The molecule has 0 aliphatic rings. The van der Waals surface area contributed by atoms with Crippen molar-refractivity contribution in [2.75, 3.05) is 30.9 Å². The predicted molar refractivity (Wildman–Crippen MR) is 70.9 cm³/mol. The summed E-state index contributed by atoms with van der Waals surface area (Å²) < 4.78 is 0. The van der Waals surface area contributed by atoms with E-state index < -0.39 is 6.04 Å². The molecule has 1 heterocycles. The normalized spacial score (nSPS) is 11.8. The minimum Gasteiger partial charge on any atom is -0.355 e. The van der Waals surface area contributed by atoms with Gasteiger partial charge in [0.1, 0.15) is 6.04 Å². The molecule has 0 fully saturated rings. The summed E-state index contributed by atoms with van der Waals surface area (Å²) in [5, 5.41) is 5.66. The molecule has 0 saturated heterocycles. The molecule has 2 N–H and O–H groups in total. The highest BCUT2D eigenvalue weighted by Crippen LogP contribution is 2.12. The Bertz CT molecular complexity index is 425. The average molecular weight is 273 g/mol. The van der Waals surface area contributed by atoms with Crippen molar-refractivity contribution < 1.29 is 4.79 Å². The van der Waals surface area contributed by atoms with E-state index in [1.807, 2.05) is 6.92 Å². The fourth-order valence-electron chi connectivity index (χ4n) is 1.19. The summed E-state index contributed by atoms with van der Waals surface area (Å²) in [5.74, 6) is 0.582. The fourth-order valence-corrected chi connectivity index (χ4v) is 1.35. The zero-order chi connectivity index (χ0) is 13.7. The molecule has 18 heavy (non-hydrogen) atoms. The Morgan fingerprint density at radius 2 is 2.06 bits per heavy atom. The van der Waals surface area contributed by atoms with Crippen molar-refractivity contribution in [3.8, 4) is 0 Å². The monoisotopic (exact) mass is 272 g/mol. The molecule has 0 aliphatic heterocycles. The second kappa shape index (κ2) is 6.34. The summed E-state index contributed by atoms with van der Waals surface area (Å²) in [5.41, 5.74) is 0. The SMILES string of the molecule is CCNC(=O)C(C)Nc1nc(Cl)nc(N(C)C)n1. The number of hydrogen-bond donors (Lipinski definition) is 2. The van der Waals surface area contributed by atoms with Crippen molar-refractivity contribution in [2.24, 2.45) is 0 Å². The van der Waals surface area contributed by atoms with Gasteiger partial charge in [0.05, 0.1) is 0 Å². The molecule has 0 spiro atoms. The van der Waals surface area contributed by atoms with E-state index in [2.05, 4.69) is 25.6 Å². The third-order valence-electron chi connectivity index (χ3n) is 2.09. The Morgan fingerprint density at radius 1 is 1.39 bits per heavy atom. The lowest BCUT2D eigenvalue weighted by atomic mass is 10.3. The number of rotatable bonds is 5. The Morgan fingerprint density at radius 3 is 2.61 bits per heavy atom. The number of halogens is 1. The van der Waals surface area contributed by atoms with E-state index >= 15 is 0 Å². The van der Waals surface area contributed by atoms with E-state index in [4.69, 9.17) is 11.6 Å². The first kappa shape index (κ1) is 14.4. The van der Waals surface area contributed by atoms with Crippen molar-refractivity contribution in [2.45, 2.75) is 19.9 Å². The summed E-state index contributed by atoms with van der Waals surface area (Å²) >= 11 is 5.79. The molecule has 1 amide bonds. The molecule has 1 rings (SSSR count). The van der Waals surface area contributed by atoms with Crippen LogP contribution < -0.4 is 15.5 Å². The topological polar surface area (TPSA) is 83.0 Å². The van der Waals surface area contributed by atoms with Crippen LogP contribution in [0.1, 0.15) is 13.8 Å². The van der Waals surface area contributed by atoms with Gasteiger partial charge in [0.2, 0.25) is 23.1 Å². The third kappa shape index (κ3) is 3.99.